The van der Waals surface area contributed by atoms with Gasteiger partial charge in [-0.1, -0.05) is 23.7 Å². The summed E-state index contributed by atoms with van der Waals surface area (Å²) in [5, 5.41) is 11.5. The van der Waals surface area contributed by atoms with E-state index in [1.165, 1.54) is 18.2 Å². The van der Waals surface area contributed by atoms with E-state index in [0.717, 1.165) is 10.4 Å². The lowest BCUT2D eigenvalue weighted by molar-refractivity contribution is -0.385. The second kappa shape index (κ2) is 7.02. The predicted molar refractivity (Wildman–Crippen MR) is 94.0 cm³/mol. The summed E-state index contributed by atoms with van der Waals surface area (Å²) in [5.41, 5.74) is 0.536. The minimum Gasteiger partial charge on any atom is -0.263 e. The van der Waals surface area contributed by atoms with Gasteiger partial charge in [0.25, 0.3) is 15.7 Å². The molecule has 0 fully saturated rings. The van der Waals surface area contributed by atoms with Crippen LogP contribution in [0.1, 0.15) is 5.56 Å². The number of sulfonamides is 1. The Morgan fingerprint density at radius 3 is 2.42 bits per heavy atom. The van der Waals surface area contributed by atoms with Crippen LogP contribution in [0, 0.1) is 17.0 Å². The first kappa shape index (κ1) is 18.0. The van der Waals surface area contributed by atoms with Crippen molar-refractivity contribution in [3.8, 4) is 0 Å². The zero-order chi connectivity index (χ0) is 17.9. The van der Waals surface area contributed by atoms with Gasteiger partial charge in [0.2, 0.25) is 0 Å². The maximum absolute atomic E-state index is 12.9. The minimum atomic E-state index is -3.99. The molecule has 24 heavy (non-hydrogen) atoms. The number of hydrogen-bond acceptors (Lipinski definition) is 4. The average molecular weight is 367 g/mol. The van der Waals surface area contributed by atoms with Crippen molar-refractivity contribution in [1.82, 2.24) is 0 Å². The van der Waals surface area contributed by atoms with Crippen molar-refractivity contribution in [3.63, 3.8) is 0 Å². The summed E-state index contributed by atoms with van der Waals surface area (Å²) >= 11 is 5.83. The molecule has 2 rings (SSSR count). The molecule has 2 aromatic carbocycles. The van der Waals surface area contributed by atoms with E-state index in [1.807, 2.05) is 0 Å². The molecule has 8 heteroatoms. The zero-order valence-corrected chi connectivity index (χ0v) is 14.4. The van der Waals surface area contributed by atoms with Gasteiger partial charge in [-0.3, -0.25) is 14.4 Å². The Morgan fingerprint density at radius 1 is 1.25 bits per heavy atom. The highest BCUT2D eigenvalue weighted by molar-refractivity contribution is 7.92. The third-order valence-corrected chi connectivity index (χ3v) is 5.42. The molecule has 0 aliphatic heterocycles. The Bertz CT molecular complexity index is 879. The number of nitro groups is 1. The predicted octanol–water partition coefficient (Wildman–Crippen LogP) is 3.94. The van der Waals surface area contributed by atoms with Crippen LogP contribution in [-0.4, -0.2) is 19.9 Å². The lowest BCUT2D eigenvalue weighted by atomic mass is 10.2. The molecule has 0 saturated heterocycles. The fraction of sp³-hybridized carbons (Fsp3) is 0.125. The lowest BCUT2D eigenvalue weighted by Crippen LogP contribution is -2.31. The topological polar surface area (TPSA) is 80.5 Å². The SMILES string of the molecule is C=CCN(c1ccc(Cl)cc1)S(=O)(=O)c1ccc(C)c([N+](=O)[O-])c1. The molecule has 0 spiro atoms. The fourth-order valence-corrected chi connectivity index (χ4v) is 3.72. The quantitative estimate of drug-likeness (QED) is 0.440. The largest absolute Gasteiger partial charge is 0.273 e. The first-order chi connectivity index (χ1) is 11.3. The summed E-state index contributed by atoms with van der Waals surface area (Å²) in [6.07, 6.45) is 1.44. The normalized spacial score (nSPS) is 11.1. The van der Waals surface area contributed by atoms with E-state index in [1.54, 1.807) is 31.2 Å². The van der Waals surface area contributed by atoms with E-state index in [9.17, 15) is 18.5 Å². The monoisotopic (exact) mass is 366 g/mol. The maximum atomic E-state index is 12.9. The molecule has 0 atom stereocenters. The highest BCUT2D eigenvalue weighted by atomic mass is 35.5. The molecule has 2 aromatic rings. The van der Waals surface area contributed by atoms with Gasteiger partial charge >= 0.3 is 0 Å². The highest BCUT2D eigenvalue weighted by Gasteiger charge is 2.26. The molecule has 0 radical (unpaired) electrons. The molecular weight excluding hydrogens is 352 g/mol. The Kier molecular flexibility index (Phi) is 5.26. The molecule has 0 bridgehead atoms. The Hall–Kier alpha value is -2.38. The van der Waals surface area contributed by atoms with Gasteiger partial charge in [0.05, 0.1) is 22.1 Å². The van der Waals surface area contributed by atoms with Crippen LogP contribution in [0.5, 0.6) is 0 Å². The maximum Gasteiger partial charge on any atom is 0.273 e. The van der Waals surface area contributed by atoms with Crippen LogP contribution in [-0.2, 0) is 10.0 Å². The molecule has 0 aromatic heterocycles. The number of halogens is 1. The van der Waals surface area contributed by atoms with E-state index >= 15 is 0 Å². The molecule has 6 nitrogen and oxygen atoms in total. The minimum absolute atomic E-state index is 0.0195. The summed E-state index contributed by atoms with van der Waals surface area (Å²) in [6.45, 7) is 5.14. The van der Waals surface area contributed by atoms with E-state index in [0.29, 0.717) is 16.3 Å². The summed E-state index contributed by atoms with van der Waals surface area (Å²) in [6, 6.07) is 10.1. The third-order valence-electron chi connectivity index (χ3n) is 3.37. The van der Waals surface area contributed by atoms with Crippen molar-refractivity contribution in [3.05, 3.63) is 75.8 Å². The van der Waals surface area contributed by atoms with Crippen LogP contribution < -0.4 is 4.31 Å². The Balaban J connectivity index is 2.56. The molecule has 0 aliphatic rings. The number of aryl methyl sites for hydroxylation is 1. The molecule has 0 aliphatic carbocycles. The molecule has 0 N–H and O–H groups in total. The number of nitro benzene ring substituents is 1. The van der Waals surface area contributed by atoms with Crippen LogP contribution in [0.3, 0.4) is 0 Å². The van der Waals surface area contributed by atoms with Crippen molar-refractivity contribution >= 4 is 33.0 Å². The average Bonchev–Trinajstić information content (AvgIpc) is 2.53. The fourth-order valence-electron chi connectivity index (χ4n) is 2.14. The first-order valence-electron chi connectivity index (χ1n) is 6.91. The molecule has 126 valence electrons. The van der Waals surface area contributed by atoms with Crippen molar-refractivity contribution in [2.75, 3.05) is 10.8 Å². The molecule has 0 heterocycles. The molecule has 0 amide bonds. The van der Waals surface area contributed by atoms with Crippen molar-refractivity contribution in [1.29, 1.82) is 0 Å². The van der Waals surface area contributed by atoms with E-state index < -0.39 is 14.9 Å². The van der Waals surface area contributed by atoms with Gasteiger partial charge in [-0.05, 0) is 37.3 Å². The van der Waals surface area contributed by atoms with Gasteiger partial charge in [0, 0.05) is 16.7 Å². The summed E-state index contributed by atoms with van der Waals surface area (Å²) in [7, 11) is -3.99. The molecule has 0 unspecified atom stereocenters. The molecule has 0 saturated carbocycles. The number of rotatable bonds is 6. The van der Waals surface area contributed by atoms with Crippen molar-refractivity contribution in [2.24, 2.45) is 0 Å². The van der Waals surface area contributed by atoms with Crippen LogP contribution in [0.2, 0.25) is 5.02 Å². The smallest absolute Gasteiger partial charge is 0.263 e. The van der Waals surface area contributed by atoms with Crippen LogP contribution >= 0.6 is 11.6 Å². The van der Waals surface area contributed by atoms with Gasteiger partial charge in [-0.15, -0.1) is 6.58 Å². The number of hydrogen-bond donors (Lipinski definition) is 0. The van der Waals surface area contributed by atoms with Gasteiger partial charge in [-0.25, -0.2) is 8.42 Å². The van der Waals surface area contributed by atoms with Crippen LogP contribution in [0.15, 0.2) is 60.0 Å². The standard InChI is InChI=1S/C16H15ClN2O4S/c1-3-10-18(14-7-5-13(17)6-8-14)24(22,23)15-9-4-12(2)16(11-15)19(20)21/h3-9,11H,1,10H2,2H3. The number of nitrogens with zero attached hydrogens (tertiary/aromatic N) is 2. The van der Waals surface area contributed by atoms with Gasteiger partial charge in [0.1, 0.15) is 0 Å². The van der Waals surface area contributed by atoms with Crippen LogP contribution in [0.25, 0.3) is 0 Å². The summed E-state index contributed by atoms with van der Waals surface area (Å²) in [5.74, 6) is 0. The second-order valence-corrected chi connectivity index (χ2v) is 7.31. The first-order valence-corrected chi connectivity index (χ1v) is 8.73. The molecular formula is C16H15ClN2O4S. The van der Waals surface area contributed by atoms with Crippen LogP contribution in [0.4, 0.5) is 11.4 Å². The van der Waals surface area contributed by atoms with Gasteiger partial charge < -0.3 is 0 Å². The van der Waals surface area contributed by atoms with Gasteiger partial charge in [-0.2, -0.15) is 0 Å². The summed E-state index contributed by atoms with van der Waals surface area (Å²) < 4.78 is 26.9. The number of benzene rings is 2. The van der Waals surface area contributed by atoms with E-state index in [4.69, 9.17) is 11.6 Å². The highest BCUT2D eigenvalue weighted by Crippen LogP contribution is 2.28. The van der Waals surface area contributed by atoms with Gasteiger partial charge in [0.15, 0.2) is 0 Å². The number of anilines is 1. The Morgan fingerprint density at radius 2 is 1.88 bits per heavy atom. The zero-order valence-electron chi connectivity index (χ0n) is 12.8. The Labute approximate surface area is 145 Å². The summed E-state index contributed by atoms with van der Waals surface area (Å²) in [4.78, 5) is 10.3. The van der Waals surface area contributed by atoms with Crippen molar-refractivity contribution in [2.45, 2.75) is 11.8 Å². The van der Waals surface area contributed by atoms with Crippen molar-refractivity contribution < 1.29 is 13.3 Å². The second-order valence-electron chi connectivity index (χ2n) is 5.01. The van der Waals surface area contributed by atoms with E-state index in [-0.39, 0.29) is 17.1 Å². The third kappa shape index (κ3) is 3.58. The lowest BCUT2D eigenvalue weighted by Gasteiger charge is -2.23. The van der Waals surface area contributed by atoms with E-state index in [2.05, 4.69) is 6.58 Å².